The van der Waals surface area contributed by atoms with Gasteiger partial charge >= 0.3 is 0 Å². The first-order valence-electron chi connectivity index (χ1n) is 9.01. The highest BCUT2D eigenvalue weighted by Crippen LogP contribution is 2.14. The second-order valence-corrected chi connectivity index (χ2v) is 6.46. The topological polar surface area (TPSA) is 120 Å². The minimum absolute atomic E-state index is 0.0196. The molecule has 1 aromatic carbocycles. The minimum atomic E-state index is -0.540. The molecule has 0 spiro atoms. The van der Waals surface area contributed by atoms with E-state index in [2.05, 4.69) is 15.8 Å². The summed E-state index contributed by atoms with van der Waals surface area (Å²) in [6.07, 6.45) is 1.31. The third kappa shape index (κ3) is 9.02. The summed E-state index contributed by atoms with van der Waals surface area (Å²) >= 11 is 0. The van der Waals surface area contributed by atoms with Gasteiger partial charge < -0.3 is 25.5 Å². The fraction of sp³-hybridized carbons (Fsp3) is 0.474. The van der Waals surface area contributed by atoms with Gasteiger partial charge in [-0.15, -0.1) is 0 Å². The molecule has 0 saturated heterocycles. The van der Waals surface area contributed by atoms with Crippen LogP contribution in [0.2, 0.25) is 0 Å². The molecule has 1 aromatic rings. The molecule has 0 fully saturated rings. The first-order valence-corrected chi connectivity index (χ1v) is 9.01. The molecular weight excluding hydrogens is 364 g/mol. The van der Waals surface area contributed by atoms with Crippen molar-refractivity contribution in [1.29, 1.82) is 0 Å². The molecule has 1 rings (SSSR count). The molecule has 0 unspecified atom stereocenters. The number of benzene rings is 1. The van der Waals surface area contributed by atoms with Crippen LogP contribution in [-0.2, 0) is 20.9 Å². The number of amides is 3. The molecule has 0 aromatic heterocycles. The molecule has 0 aliphatic carbocycles. The monoisotopic (exact) mass is 392 g/mol. The number of carbonyl (C=O) groups excluding carboxylic acids is 3. The summed E-state index contributed by atoms with van der Waals surface area (Å²) < 4.78 is 5.13. The lowest BCUT2D eigenvalue weighted by atomic mass is 10.2. The summed E-state index contributed by atoms with van der Waals surface area (Å²) in [7, 11) is 1.58. The van der Waals surface area contributed by atoms with E-state index in [1.807, 2.05) is 26.0 Å². The molecule has 9 heteroatoms. The van der Waals surface area contributed by atoms with Crippen LogP contribution in [0.3, 0.4) is 0 Å². The maximum atomic E-state index is 12.6. The van der Waals surface area contributed by atoms with Crippen molar-refractivity contribution in [3.63, 3.8) is 0 Å². The molecule has 0 heterocycles. The Bertz CT molecular complexity index is 673. The van der Waals surface area contributed by atoms with Crippen LogP contribution in [0.25, 0.3) is 0 Å². The van der Waals surface area contributed by atoms with Crippen LogP contribution in [0.15, 0.2) is 29.4 Å². The lowest BCUT2D eigenvalue weighted by molar-refractivity contribution is -0.137. The number of carbonyl (C=O) groups is 3. The first kappa shape index (κ1) is 22.9. The Kier molecular flexibility index (Phi) is 10.1. The predicted molar refractivity (Wildman–Crippen MR) is 104 cm³/mol. The molecule has 9 nitrogen and oxygen atoms in total. The summed E-state index contributed by atoms with van der Waals surface area (Å²) in [6, 6.07) is 7.25. The molecular formula is C19H28N4O5. The summed E-state index contributed by atoms with van der Waals surface area (Å²) in [4.78, 5) is 37.4. The van der Waals surface area contributed by atoms with Gasteiger partial charge in [-0.3, -0.25) is 14.4 Å². The van der Waals surface area contributed by atoms with E-state index >= 15 is 0 Å². The van der Waals surface area contributed by atoms with Crippen molar-refractivity contribution in [2.45, 2.75) is 39.3 Å². The zero-order chi connectivity index (χ0) is 20.9. The average molecular weight is 392 g/mol. The maximum Gasteiger partial charge on any atom is 0.265 e. The van der Waals surface area contributed by atoms with Crippen LogP contribution < -0.4 is 15.4 Å². The van der Waals surface area contributed by atoms with E-state index in [-0.39, 0.29) is 43.9 Å². The number of rotatable bonds is 11. The quantitative estimate of drug-likeness (QED) is 0.224. The second kappa shape index (κ2) is 12.3. The third-order valence-electron chi connectivity index (χ3n) is 3.71. The van der Waals surface area contributed by atoms with E-state index in [0.29, 0.717) is 12.2 Å². The average Bonchev–Trinajstić information content (AvgIpc) is 2.64. The molecule has 0 atom stereocenters. The minimum Gasteiger partial charge on any atom is -0.497 e. The van der Waals surface area contributed by atoms with Gasteiger partial charge in [0.1, 0.15) is 12.0 Å². The van der Waals surface area contributed by atoms with Crippen LogP contribution in [0.1, 0.15) is 32.3 Å². The molecule has 0 aliphatic rings. The number of nitrogens with zero attached hydrogens (tertiary/aromatic N) is 2. The standard InChI is InChI=1S/C19H28N4O5/c1-14(2)22-18(25)13-23(12-15-6-8-16(28-3)9-7-15)19(26)5-4-10-20-17(24)11-21-27/h6-9,11,14,27H,4-5,10,12-13H2,1-3H3,(H,20,24)(H,22,25)/b21-11+. The lowest BCUT2D eigenvalue weighted by Gasteiger charge is -2.23. The SMILES string of the molecule is COc1ccc(CN(CC(=O)NC(C)C)C(=O)CCCNC(=O)/C=N/O)cc1. The maximum absolute atomic E-state index is 12.6. The van der Waals surface area contributed by atoms with Crippen molar-refractivity contribution in [3.05, 3.63) is 29.8 Å². The Labute approximate surface area is 164 Å². The normalized spacial score (nSPS) is 10.7. The summed E-state index contributed by atoms with van der Waals surface area (Å²) in [5.74, 6) is -0.258. The van der Waals surface area contributed by atoms with Gasteiger partial charge in [-0.1, -0.05) is 17.3 Å². The summed E-state index contributed by atoms with van der Waals surface area (Å²) in [6.45, 7) is 4.20. The van der Waals surface area contributed by atoms with Crippen molar-refractivity contribution in [2.75, 3.05) is 20.2 Å². The van der Waals surface area contributed by atoms with Gasteiger partial charge in [0.2, 0.25) is 11.8 Å². The van der Waals surface area contributed by atoms with Gasteiger partial charge in [-0.05, 0) is 38.0 Å². The second-order valence-electron chi connectivity index (χ2n) is 6.46. The zero-order valence-electron chi connectivity index (χ0n) is 16.5. The van der Waals surface area contributed by atoms with Gasteiger partial charge in [0, 0.05) is 25.6 Å². The van der Waals surface area contributed by atoms with E-state index in [1.54, 1.807) is 19.2 Å². The smallest absolute Gasteiger partial charge is 0.265 e. The number of oxime groups is 1. The molecule has 3 amide bonds. The highest BCUT2D eigenvalue weighted by atomic mass is 16.5. The van der Waals surface area contributed by atoms with Gasteiger partial charge in [0.25, 0.3) is 5.91 Å². The Morgan fingerprint density at radius 2 is 1.93 bits per heavy atom. The Morgan fingerprint density at radius 1 is 1.25 bits per heavy atom. The molecule has 0 aliphatic heterocycles. The Balaban J connectivity index is 2.68. The number of hydrogen-bond acceptors (Lipinski definition) is 6. The van der Waals surface area contributed by atoms with Crippen molar-refractivity contribution >= 4 is 23.9 Å². The van der Waals surface area contributed by atoms with Gasteiger partial charge in [-0.2, -0.15) is 0 Å². The van der Waals surface area contributed by atoms with Crippen LogP contribution in [0.4, 0.5) is 0 Å². The van der Waals surface area contributed by atoms with E-state index in [1.165, 1.54) is 4.90 Å². The third-order valence-corrected chi connectivity index (χ3v) is 3.71. The number of methoxy groups -OCH3 is 1. The Morgan fingerprint density at radius 3 is 2.50 bits per heavy atom. The molecule has 28 heavy (non-hydrogen) atoms. The Hall–Kier alpha value is -3.10. The number of ether oxygens (including phenoxy) is 1. The molecule has 0 saturated carbocycles. The molecule has 3 N–H and O–H groups in total. The highest BCUT2D eigenvalue weighted by Gasteiger charge is 2.18. The van der Waals surface area contributed by atoms with Crippen molar-refractivity contribution in [2.24, 2.45) is 5.16 Å². The van der Waals surface area contributed by atoms with E-state index in [4.69, 9.17) is 9.94 Å². The summed E-state index contributed by atoms with van der Waals surface area (Å²) in [5.41, 5.74) is 0.874. The molecule has 0 radical (unpaired) electrons. The zero-order valence-corrected chi connectivity index (χ0v) is 16.5. The van der Waals surface area contributed by atoms with Crippen LogP contribution in [0.5, 0.6) is 5.75 Å². The fourth-order valence-electron chi connectivity index (χ4n) is 2.43. The van der Waals surface area contributed by atoms with Crippen LogP contribution in [0, 0.1) is 0 Å². The predicted octanol–water partition coefficient (Wildman–Crippen LogP) is 0.905. The molecule has 154 valence electrons. The van der Waals surface area contributed by atoms with Gasteiger partial charge in [0.15, 0.2) is 0 Å². The fourth-order valence-corrected chi connectivity index (χ4v) is 2.43. The van der Waals surface area contributed by atoms with Crippen molar-refractivity contribution in [1.82, 2.24) is 15.5 Å². The highest BCUT2D eigenvalue weighted by molar-refractivity contribution is 6.25. The summed E-state index contributed by atoms with van der Waals surface area (Å²) in [5, 5.41) is 16.2. The van der Waals surface area contributed by atoms with E-state index < -0.39 is 5.91 Å². The van der Waals surface area contributed by atoms with Gasteiger partial charge in [0.05, 0.1) is 13.7 Å². The first-order chi connectivity index (χ1) is 13.3. The largest absolute Gasteiger partial charge is 0.497 e. The van der Waals surface area contributed by atoms with Crippen molar-refractivity contribution < 1.29 is 24.3 Å². The lowest BCUT2D eigenvalue weighted by Crippen LogP contribution is -2.42. The van der Waals surface area contributed by atoms with Crippen LogP contribution >= 0.6 is 0 Å². The molecule has 0 bridgehead atoms. The van der Waals surface area contributed by atoms with Crippen molar-refractivity contribution in [3.8, 4) is 5.75 Å². The number of nitrogens with one attached hydrogen (secondary N) is 2. The van der Waals surface area contributed by atoms with E-state index in [0.717, 1.165) is 11.8 Å². The van der Waals surface area contributed by atoms with Crippen LogP contribution in [-0.4, -0.2) is 60.3 Å². The number of hydrogen-bond donors (Lipinski definition) is 3. The van der Waals surface area contributed by atoms with Gasteiger partial charge in [-0.25, -0.2) is 0 Å². The van der Waals surface area contributed by atoms with E-state index in [9.17, 15) is 14.4 Å².